The number of carbonyl (C=O) groups excluding carboxylic acids is 1. The first-order chi connectivity index (χ1) is 8.52. The molecular formula is C13H15BrClNO2. The Morgan fingerprint density at radius 2 is 2.28 bits per heavy atom. The van der Waals surface area contributed by atoms with Crippen molar-refractivity contribution in [3.05, 3.63) is 21.6 Å². The maximum atomic E-state index is 11.9. The van der Waals surface area contributed by atoms with Crippen molar-refractivity contribution < 1.29 is 9.53 Å². The zero-order valence-corrected chi connectivity index (χ0v) is 12.6. The molecule has 1 N–H and O–H groups in total. The number of rotatable bonds is 4. The summed E-state index contributed by atoms with van der Waals surface area (Å²) in [5, 5.41) is 3.45. The Bertz CT molecular complexity index is 478. The SMILES string of the molecule is CCOc1c(Br)cc(Cl)cc1NC(=O)C1CC1C. The molecule has 0 heterocycles. The monoisotopic (exact) mass is 331 g/mol. The number of anilines is 1. The minimum absolute atomic E-state index is 0.0395. The van der Waals surface area contributed by atoms with E-state index in [0.717, 1.165) is 10.9 Å². The van der Waals surface area contributed by atoms with Gasteiger partial charge < -0.3 is 10.1 Å². The highest BCUT2D eigenvalue weighted by Gasteiger charge is 2.39. The van der Waals surface area contributed by atoms with Gasteiger partial charge in [-0.2, -0.15) is 0 Å². The van der Waals surface area contributed by atoms with Crippen LogP contribution in [0.2, 0.25) is 5.02 Å². The minimum atomic E-state index is 0.0395. The van der Waals surface area contributed by atoms with Crippen molar-refractivity contribution in [2.45, 2.75) is 20.3 Å². The third-order valence-corrected chi connectivity index (χ3v) is 3.81. The van der Waals surface area contributed by atoms with Gasteiger partial charge in [-0.3, -0.25) is 4.79 Å². The lowest BCUT2D eigenvalue weighted by Crippen LogP contribution is -2.15. The summed E-state index contributed by atoms with van der Waals surface area (Å²) >= 11 is 9.39. The summed E-state index contributed by atoms with van der Waals surface area (Å²) in [5.41, 5.74) is 0.625. The van der Waals surface area contributed by atoms with Gasteiger partial charge in [-0.15, -0.1) is 0 Å². The van der Waals surface area contributed by atoms with Crippen molar-refractivity contribution in [3.8, 4) is 5.75 Å². The van der Waals surface area contributed by atoms with E-state index < -0.39 is 0 Å². The number of carbonyl (C=O) groups is 1. The number of benzene rings is 1. The smallest absolute Gasteiger partial charge is 0.227 e. The quantitative estimate of drug-likeness (QED) is 0.901. The molecule has 3 nitrogen and oxygen atoms in total. The molecule has 2 unspecified atom stereocenters. The maximum absolute atomic E-state index is 11.9. The number of nitrogens with one attached hydrogen (secondary N) is 1. The van der Waals surface area contributed by atoms with Gasteiger partial charge >= 0.3 is 0 Å². The molecule has 1 saturated carbocycles. The molecule has 1 aromatic carbocycles. The third-order valence-electron chi connectivity index (χ3n) is 3.00. The van der Waals surface area contributed by atoms with Gasteiger partial charge in [0, 0.05) is 10.9 Å². The van der Waals surface area contributed by atoms with Crippen LogP contribution in [0.1, 0.15) is 20.3 Å². The topological polar surface area (TPSA) is 38.3 Å². The largest absolute Gasteiger partial charge is 0.491 e. The number of hydrogen-bond donors (Lipinski definition) is 1. The second-order valence-electron chi connectivity index (χ2n) is 4.51. The molecule has 1 aromatic rings. The van der Waals surface area contributed by atoms with Crippen LogP contribution in [0.15, 0.2) is 16.6 Å². The molecule has 1 aliphatic carbocycles. The third kappa shape index (κ3) is 2.98. The molecule has 0 spiro atoms. The highest BCUT2D eigenvalue weighted by molar-refractivity contribution is 9.10. The first kappa shape index (κ1) is 13.7. The molecule has 1 fully saturated rings. The van der Waals surface area contributed by atoms with E-state index in [1.807, 2.05) is 6.92 Å². The van der Waals surface area contributed by atoms with Crippen molar-refractivity contribution in [2.24, 2.45) is 11.8 Å². The van der Waals surface area contributed by atoms with Crippen LogP contribution in [0.3, 0.4) is 0 Å². The lowest BCUT2D eigenvalue weighted by atomic mass is 10.2. The number of halogens is 2. The van der Waals surface area contributed by atoms with Gasteiger partial charge in [0.15, 0.2) is 5.75 Å². The molecule has 0 bridgehead atoms. The summed E-state index contributed by atoms with van der Waals surface area (Å²) in [6.07, 6.45) is 0.956. The van der Waals surface area contributed by atoms with Crippen LogP contribution in [0.5, 0.6) is 5.75 Å². The predicted molar refractivity (Wildman–Crippen MR) is 76.2 cm³/mol. The van der Waals surface area contributed by atoms with Crippen LogP contribution in [0.25, 0.3) is 0 Å². The molecule has 0 aromatic heterocycles. The first-order valence-corrected chi connectivity index (χ1v) is 7.12. The summed E-state index contributed by atoms with van der Waals surface area (Å²) < 4.78 is 6.28. The molecule has 0 radical (unpaired) electrons. The van der Waals surface area contributed by atoms with Crippen molar-refractivity contribution >= 4 is 39.1 Å². The average Bonchev–Trinajstić information content (AvgIpc) is 3.00. The molecule has 0 saturated heterocycles. The van der Waals surface area contributed by atoms with Gasteiger partial charge in [-0.1, -0.05) is 18.5 Å². The van der Waals surface area contributed by atoms with E-state index in [-0.39, 0.29) is 11.8 Å². The van der Waals surface area contributed by atoms with Gasteiger partial charge in [0.2, 0.25) is 5.91 Å². The van der Waals surface area contributed by atoms with E-state index in [0.29, 0.717) is 29.0 Å². The maximum Gasteiger partial charge on any atom is 0.227 e. The predicted octanol–water partition coefficient (Wildman–Crippen LogP) is 4.10. The molecule has 18 heavy (non-hydrogen) atoms. The van der Waals surface area contributed by atoms with E-state index in [1.165, 1.54) is 0 Å². The lowest BCUT2D eigenvalue weighted by Gasteiger charge is -2.13. The van der Waals surface area contributed by atoms with E-state index in [2.05, 4.69) is 28.2 Å². The van der Waals surface area contributed by atoms with E-state index in [9.17, 15) is 4.79 Å². The first-order valence-electron chi connectivity index (χ1n) is 5.95. The van der Waals surface area contributed by atoms with Gasteiger partial charge in [-0.25, -0.2) is 0 Å². The van der Waals surface area contributed by atoms with Crippen molar-refractivity contribution in [2.75, 3.05) is 11.9 Å². The van der Waals surface area contributed by atoms with Gasteiger partial charge in [0.25, 0.3) is 0 Å². The zero-order valence-electron chi connectivity index (χ0n) is 10.3. The highest BCUT2D eigenvalue weighted by Crippen LogP contribution is 2.41. The second-order valence-corrected chi connectivity index (χ2v) is 5.80. The molecule has 0 aliphatic heterocycles. The van der Waals surface area contributed by atoms with Crippen molar-refractivity contribution in [3.63, 3.8) is 0 Å². The summed E-state index contributed by atoms with van der Waals surface area (Å²) in [6, 6.07) is 3.46. The molecule has 1 aliphatic rings. The zero-order chi connectivity index (χ0) is 13.3. The fourth-order valence-corrected chi connectivity index (χ4v) is 2.78. The fourth-order valence-electron chi connectivity index (χ4n) is 1.86. The number of hydrogen-bond acceptors (Lipinski definition) is 2. The van der Waals surface area contributed by atoms with E-state index >= 15 is 0 Å². The molecule has 98 valence electrons. The van der Waals surface area contributed by atoms with Gasteiger partial charge in [0.05, 0.1) is 16.8 Å². The average molecular weight is 333 g/mol. The molecule has 2 atom stereocenters. The molecule has 1 amide bonds. The van der Waals surface area contributed by atoms with Crippen LogP contribution >= 0.6 is 27.5 Å². The van der Waals surface area contributed by atoms with Gasteiger partial charge in [0.1, 0.15) is 0 Å². The second kappa shape index (κ2) is 5.49. The van der Waals surface area contributed by atoms with Crippen LogP contribution in [-0.4, -0.2) is 12.5 Å². The number of ether oxygens (including phenoxy) is 1. The Kier molecular flexibility index (Phi) is 4.17. The van der Waals surface area contributed by atoms with E-state index in [1.54, 1.807) is 12.1 Å². The molecule has 2 rings (SSSR count). The summed E-state index contributed by atoms with van der Waals surface area (Å²) in [4.78, 5) is 11.9. The Morgan fingerprint density at radius 1 is 1.61 bits per heavy atom. The van der Waals surface area contributed by atoms with Crippen molar-refractivity contribution in [1.82, 2.24) is 0 Å². The Morgan fingerprint density at radius 3 is 2.83 bits per heavy atom. The highest BCUT2D eigenvalue weighted by atomic mass is 79.9. The van der Waals surface area contributed by atoms with Crippen LogP contribution < -0.4 is 10.1 Å². The van der Waals surface area contributed by atoms with Crippen LogP contribution in [0, 0.1) is 11.8 Å². The van der Waals surface area contributed by atoms with Crippen molar-refractivity contribution in [1.29, 1.82) is 0 Å². The van der Waals surface area contributed by atoms with Gasteiger partial charge in [-0.05, 0) is 47.3 Å². The summed E-state index contributed by atoms with van der Waals surface area (Å²) in [5.74, 6) is 1.27. The number of amides is 1. The molecule has 5 heteroatoms. The Labute approximate surface area is 120 Å². The summed E-state index contributed by atoms with van der Waals surface area (Å²) in [6.45, 7) is 4.50. The Balaban J connectivity index is 2.22. The molecular weight excluding hydrogens is 318 g/mol. The standard InChI is InChI=1S/C13H15BrClNO2/c1-3-18-12-10(14)5-8(15)6-11(12)16-13(17)9-4-7(9)2/h5-7,9H,3-4H2,1-2H3,(H,16,17). The fraction of sp³-hybridized carbons (Fsp3) is 0.462. The van der Waals surface area contributed by atoms with Crippen LogP contribution in [-0.2, 0) is 4.79 Å². The Hall–Kier alpha value is -0.740. The van der Waals surface area contributed by atoms with E-state index in [4.69, 9.17) is 16.3 Å². The normalized spacial score (nSPS) is 21.6. The summed E-state index contributed by atoms with van der Waals surface area (Å²) in [7, 11) is 0. The lowest BCUT2D eigenvalue weighted by molar-refractivity contribution is -0.117. The minimum Gasteiger partial charge on any atom is -0.491 e. The van der Waals surface area contributed by atoms with Crippen LogP contribution in [0.4, 0.5) is 5.69 Å².